The molecular formula is C17H36N2O2. The summed E-state index contributed by atoms with van der Waals surface area (Å²) in [4.78, 5) is 2.28. The van der Waals surface area contributed by atoms with Crippen molar-refractivity contribution in [2.75, 3.05) is 40.4 Å². The van der Waals surface area contributed by atoms with E-state index in [1.165, 1.54) is 25.7 Å². The number of nitrogens with one attached hydrogen (secondary N) is 1. The number of aliphatic hydroxyl groups excluding tert-OH is 1. The van der Waals surface area contributed by atoms with Crippen LogP contribution in [0.2, 0.25) is 0 Å². The van der Waals surface area contributed by atoms with Gasteiger partial charge in [0.1, 0.15) is 0 Å². The lowest BCUT2D eigenvalue weighted by Gasteiger charge is -2.43. The first kappa shape index (κ1) is 18.9. The highest BCUT2D eigenvalue weighted by Crippen LogP contribution is 2.39. The van der Waals surface area contributed by atoms with Gasteiger partial charge >= 0.3 is 0 Å². The van der Waals surface area contributed by atoms with Gasteiger partial charge in [-0.1, -0.05) is 33.6 Å². The minimum Gasteiger partial charge on any atom is -0.389 e. The minimum absolute atomic E-state index is 0.359. The quantitative estimate of drug-likeness (QED) is 0.685. The summed E-state index contributed by atoms with van der Waals surface area (Å²) in [6.45, 7) is 10.0. The Hall–Kier alpha value is -0.160. The van der Waals surface area contributed by atoms with Gasteiger partial charge in [0.25, 0.3) is 0 Å². The highest BCUT2D eigenvalue weighted by atomic mass is 16.5. The molecule has 4 heteroatoms. The topological polar surface area (TPSA) is 44.7 Å². The van der Waals surface area contributed by atoms with Gasteiger partial charge < -0.3 is 20.1 Å². The maximum Gasteiger partial charge on any atom is 0.0899 e. The van der Waals surface area contributed by atoms with Crippen LogP contribution < -0.4 is 5.32 Å². The second-order valence-electron chi connectivity index (χ2n) is 7.52. The van der Waals surface area contributed by atoms with E-state index in [0.717, 1.165) is 19.0 Å². The molecule has 0 aromatic carbocycles. The van der Waals surface area contributed by atoms with Crippen molar-refractivity contribution in [2.45, 2.75) is 58.6 Å². The summed E-state index contributed by atoms with van der Waals surface area (Å²) in [5.74, 6) is 0.863. The number of hydrogen-bond donors (Lipinski definition) is 2. The third-order valence-electron chi connectivity index (χ3n) is 4.71. The molecule has 0 bridgehead atoms. The largest absolute Gasteiger partial charge is 0.389 e. The van der Waals surface area contributed by atoms with Crippen LogP contribution in [0.1, 0.15) is 46.5 Å². The van der Waals surface area contributed by atoms with E-state index in [4.69, 9.17) is 4.74 Å². The zero-order chi connectivity index (χ0) is 15.9. The molecule has 2 N–H and O–H groups in total. The fourth-order valence-corrected chi connectivity index (χ4v) is 3.43. The second kappa shape index (κ2) is 9.09. The normalized spacial score (nSPS) is 28.3. The van der Waals surface area contributed by atoms with Crippen LogP contribution in [0.15, 0.2) is 0 Å². The molecular weight excluding hydrogens is 264 g/mol. The Kier molecular flexibility index (Phi) is 8.17. The van der Waals surface area contributed by atoms with Crippen molar-refractivity contribution in [3.05, 3.63) is 0 Å². The molecule has 0 aromatic rings. The van der Waals surface area contributed by atoms with Gasteiger partial charge in [0.15, 0.2) is 0 Å². The van der Waals surface area contributed by atoms with Crippen molar-refractivity contribution in [2.24, 2.45) is 11.3 Å². The van der Waals surface area contributed by atoms with Crippen LogP contribution >= 0.6 is 0 Å². The smallest absolute Gasteiger partial charge is 0.0899 e. The molecule has 4 nitrogen and oxygen atoms in total. The van der Waals surface area contributed by atoms with Crippen LogP contribution in [-0.4, -0.2) is 62.6 Å². The van der Waals surface area contributed by atoms with Crippen LogP contribution in [0.3, 0.4) is 0 Å². The van der Waals surface area contributed by atoms with E-state index in [1.54, 1.807) is 7.11 Å². The predicted molar refractivity (Wildman–Crippen MR) is 88.6 cm³/mol. The molecule has 1 unspecified atom stereocenters. The average molecular weight is 300 g/mol. The molecule has 21 heavy (non-hydrogen) atoms. The standard InChI is InChI=1S/C17H36N2O2/c1-14(2)18-12-17(8-6-15(3)7-9-17)13-19(4)10-16(20)11-21-5/h14-16,18,20H,6-13H2,1-5H3. The van der Waals surface area contributed by atoms with E-state index in [2.05, 4.69) is 38.0 Å². The summed E-state index contributed by atoms with van der Waals surface area (Å²) in [5, 5.41) is 13.6. The Morgan fingerprint density at radius 3 is 2.48 bits per heavy atom. The molecule has 0 saturated heterocycles. The zero-order valence-electron chi connectivity index (χ0n) is 14.7. The van der Waals surface area contributed by atoms with Crippen molar-refractivity contribution in [3.63, 3.8) is 0 Å². The summed E-state index contributed by atoms with van der Waals surface area (Å²) < 4.78 is 5.02. The summed E-state index contributed by atoms with van der Waals surface area (Å²) in [7, 11) is 3.76. The Labute approximate surface area is 131 Å². The van der Waals surface area contributed by atoms with Gasteiger partial charge in [0, 0.05) is 32.8 Å². The molecule has 1 saturated carbocycles. The number of methoxy groups -OCH3 is 1. The first-order chi connectivity index (χ1) is 9.87. The Morgan fingerprint density at radius 2 is 1.95 bits per heavy atom. The van der Waals surface area contributed by atoms with E-state index in [1.807, 2.05) is 0 Å². The molecule has 126 valence electrons. The Morgan fingerprint density at radius 1 is 1.33 bits per heavy atom. The van der Waals surface area contributed by atoms with Gasteiger partial charge in [0.2, 0.25) is 0 Å². The second-order valence-corrected chi connectivity index (χ2v) is 7.52. The maximum absolute atomic E-state index is 9.91. The fraction of sp³-hybridized carbons (Fsp3) is 1.00. The van der Waals surface area contributed by atoms with E-state index in [-0.39, 0.29) is 0 Å². The van der Waals surface area contributed by atoms with Gasteiger partial charge in [-0.05, 0) is 31.2 Å². The molecule has 1 atom stereocenters. The first-order valence-electron chi connectivity index (χ1n) is 8.46. The maximum atomic E-state index is 9.91. The lowest BCUT2D eigenvalue weighted by atomic mass is 9.70. The highest BCUT2D eigenvalue weighted by molar-refractivity contribution is 4.89. The van der Waals surface area contributed by atoms with Crippen molar-refractivity contribution in [3.8, 4) is 0 Å². The number of likely N-dealkylation sites (N-methyl/N-ethyl adjacent to an activating group) is 1. The molecule has 0 aromatic heterocycles. The van der Waals surface area contributed by atoms with Gasteiger partial charge in [-0.2, -0.15) is 0 Å². The number of rotatable bonds is 9. The van der Waals surface area contributed by atoms with Crippen LogP contribution in [0.4, 0.5) is 0 Å². The third kappa shape index (κ3) is 7.09. The summed E-state index contributed by atoms with van der Waals surface area (Å²) in [6, 6.07) is 0.533. The zero-order valence-corrected chi connectivity index (χ0v) is 14.7. The third-order valence-corrected chi connectivity index (χ3v) is 4.71. The van der Waals surface area contributed by atoms with Crippen LogP contribution in [0.5, 0.6) is 0 Å². The van der Waals surface area contributed by atoms with Crippen LogP contribution in [0, 0.1) is 11.3 Å². The fourth-order valence-electron chi connectivity index (χ4n) is 3.43. The number of ether oxygens (including phenoxy) is 1. The number of aliphatic hydroxyl groups is 1. The summed E-state index contributed by atoms with van der Waals surface area (Å²) in [6.07, 6.45) is 4.84. The van der Waals surface area contributed by atoms with Gasteiger partial charge in [0.05, 0.1) is 12.7 Å². The molecule has 1 rings (SSSR count). The van der Waals surface area contributed by atoms with Crippen molar-refractivity contribution >= 4 is 0 Å². The average Bonchev–Trinajstić information content (AvgIpc) is 2.40. The molecule has 0 spiro atoms. The van der Waals surface area contributed by atoms with Crippen molar-refractivity contribution in [1.82, 2.24) is 10.2 Å². The molecule has 1 aliphatic rings. The number of hydrogen-bond acceptors (Lipinski definition) is 4. The molecule has 0 amide bonds. The van der Waals surface area contributed by atoms with E-state index in [9.17, 15) is 5.11 Å². The monoisotopic (exact) mass is 300 g/mol. The Bertz CT molecular complexity index is 276. The van der Waals surface area contributed by atoms with E-state index < -0.39 is 6.10 Å². The molecule has 1 fully saturated rings. The van der Waals surface area contributed by atoms with Crippen LogP contribution in [-0.2, 0) is 4.74 Å². The molecule has 1 aliphatic carbocycles. The van der Waals surface area contributed by atoms with Gasteiger partial charge in [-0.3, -0.25) is 0 Å². The van der Waals surface area contributed by atoms with E-state index in [0.29, 0.717) is 24.6 Å². The predicted octanol–water partition coefficient (Wildman–Crippen LogP) is 2.12. The number of nitrogens with zero attached hydrogens (tertiary/aromatic N) is 1. The lowest BCUT2D eigenvalue weighted by Crippen LogP contribution is -2.48. The van der Waals surface area contributed by atoms with Gasteiger partial charge in [-0.25, -0.2) is 0 Å². The van der Waals surface area contributed by atoms with Crippen molar-refractivity contribution in [1.29, 1.82) is 0 Å². The summed E-state index contributed by atoms with van der Waals surface area (Å²) >= 11 is 0. The molecule has 0 aliphatic heterocycles. The van der Waals surface area contributed by atoms with E-state index >= 15 is 0 Å². The lowest BCUT2D eigenvalue weighted by molar-refractivity contribution is 0.0247. The SMILES string of the molecule is COCC(O)CN(C)CC1(CNC(C)C)CCC(C)CC1. The minimum atomic E-state index is -0.391. The van der Waals surface area contributed by atoms with Gasteiger partial charge in [-0.15, -0.1) is 0 Å². The first-order valence-corrected chi connectivity index (χ1v) is 8.46. The molecule has 0 heterocycles. The Balaban J connectivity index is 2.55. The van der Waals surface area contributed by atoms with Crippen LogP contribution in [0.25, 0.3) is 0 Å². The molecule has 0 radical (unpaired) electrons. The summed E-state index contributed by atoms with van der Waals surface area (Å²) in [5.41, 5.74) is 0.359. The van der Waals surface area contributed by atoms with Crippen molar-refractivity contribution < 1.29 is 9.84 Å². The highest BCUT2D eigenvalue weighted by Gasteiger charge is 2.35.